The molecule has 0 saturated carbocycles. The highest BCUT2D eigenvalue weighted by atomic mass is 32.2. The third kappa shape index (κ3) is 4.86. The van der Waals surface area contributed by atoms with E-state index in [1.807, 2.05) is 6.92 Å². The number of ether oxygens (including phenoxy) is 1. The van der Waals surface area contributed by atoms with Crippen LogP contribution in [0.3, 0.4) is 0 Å². The van der Waals surface area contributed by atoms with Gasteiger partial charge in [-0.05, 0) is 43.7 Å². The molecule has 2 N–H and O–H groups in total. The van der Waals surface area contributed by atoms with E-state index in [9.17, 15) is 9.59 Å². The van der Waals surface area contributed by atoms with Crippen molar-refractivity contribution in [3.8, 4) is 5.75 Å². The summed E-state index contributed by atoms with van der Waals surface area (Å²) in [6.07, 6.45) is 1.61. The van der Waals surface area contributed by atoms with E-state index in [4.69, 9.17) is 10.5 Å². The Labute approximate surface area is 177 Å². The molecule has 0 radical (unpaired) electrons. The lowest BCUT2D eigenvalue weighted by molar-refractivity contribution is -0.118. The number of thioether (sulfide) groups is 1. The highest BCUT2D eigenvalue weighted by Gasteiger charge is 2.19. The number of primary amides is 1. The fraction of sp³-hybridized carbons (Fsp3) is 0.300. The molecule has 2 amide bonds. The summed E-state index contributed by atoms with van der Waals surface area (Å²) in [5.41, 5.74) is 7.12. The zero-order chi connectivity index (χ0) is 21.0. The molecule has 0 spiro atoms. The number of thiophene rings is 1. The summed E-state index contributed by atoms with van der Waals surface area (Å²) in [7, 11) is 1.58. The maximum atomic E-state index is 13.0. The highest BCUT2D eigenvalue weighted by Crippen LogP contribution is 2.34. The van der Waals surface area contributed by atoms with Crippen LogP contribution in [-0.4, -0.2) is 41.2 Å². The van der Waals surface area contributed by atoms with Crippen molar-refractivity contribution in [2.75, 3.05) is 24.3 Å². The van der Waals surface area contributed by atoms with Crippen LogP contribution in [0.25, 0.3) is 10.2 Å². The first-order valence-electron chi connectivity index (χ1n) is 8.97. The number of carbonyl (C=O) groups excluding carboxylic acids is 2. The van der Waals surface area contributed by atoms with Crippen LogP contribution >= 0.6 is 23.1 Å². The summed E-state index contributed by atoms with van der Waals surface area (Å²) < 4.78 is 5.17. The Kier molecular flexibility index (Phi) is 6.71. The molecule has 9 heteroatoms. The number of nitrogens with two attached hydrogens (primary N) is 1. The van der Waals surface area contributed by atoms with Gasteiger partial charge in [-0.2, -0.15) is 0 Å². The van der Waals surface area contributed by atoms with Gasteiger partial charge >= 0.3 is 0 Å². The Bertz CT molecular complexity index is 1030. The minimum atomic E-state index is -0.453. The summed E-state index contributed by atoms with van der Waals surface area (Å²) in [5, 5.41) is 1.79. The SMILES string of the molecule is COc1ccc(N(CCC(N)=O)C(=O)CSc2ncnc3sc(C)c(C)c23)cc1. The van der Waals surface area contributed by atoms with E-state index in [2.05, 4.69) is 16.9 Å². The smallest absolute Gasteiger partial charge is 0.237 e. The summed E-state index contributed by atoms with van der Waals surface area (Å²) in [4.78, 5) is 36.7. The van der Waals surface area contributed by atoms with Crippen LogP contribution in [0.1, 0.15) is 16.9 Å². The average molecular weight is 431 g/mol. The normalized spacial score (nSPS) is 10.9. The van der Waals surface area contributed by atoms with Crippen LogP contribution in [-0.2, 0) is 9.59 Å². The number of rotatable bonds is 8. The first-order valence-corrected chi connectivity index (χ1v) is 10.8. The molecular formula is C20H22N4O3S2. The maximum absolute atomic E-state index is 13.0. The van der Waals surface area contributed by atoms with Crippen LogP contribution in [0.15, 0.2) is 35.6 Å². The minimum absolute atomic E-state index is 0.0863. The fourth-order valence-corrected chi connectivity index (χ4v) is 4.84. The van der Waals surface area contributed by atoms with Gasteiger partial charge in [0.05, 0.1) is 12.9 Å². The van der Waals surface area contributed by atoms with Crippen LogP contribution in [0.2, 0.25) is 0 Å². The van der Waals surface area contributed by atoms with Crippen molar-refractivity contribution in [3.63, 3.8) is 0 Å². The number of anilines is 1. The molecule has 152 valence electrons. The van der Waals surface area contributed by atoms with Crippen molar-refractivity contribution >= 4 is 50.8 Å². The number of benzene rings is 1. The number of methoxy groups -OCH3 is 1. The molecule has 3 aromatic rings. The second kappa shape index (κ2) is 9.23. The van der Waals surface area contributed by atoms with Gasteiger partial charge in [-0.1, -0.05) is 11.8 Å². The van der Waals surface area contributed by atoms with Crippen molar-refractivity contribution in [1.29, 1.82) is 0 Å². The lowest BCUT2D eigenvalue weighted by Crippen LogP contribution is -2.35. The molecule has 0 bridgehead atoms. The number of aryl methyl sites for hydroxylation is 2. The Morgan fingerprint density at radius 1 is 1.21 bits per heavy atom. The van der Waals surface area contributed by atoms with Gasteiger partial charge in [-0.25, -0.2) is 9.97 Å². The van der Waals surface area contributed by atoms with Gasteiger partial charge < -0.3 is 15.4 Å². The number of fused-ring (bicyclic) bond motifs is 1. The van der Waals surface area contributed by atoms with Crippen LogP contribution in [0.5, 0.6) is 5.75 Å². The summed E-state index contributed by atoms with van der Waals surface area (Å²) >= 11 is 3.00. The number of amides is 2. The molecule has 1 aromatic carbocycles. The summed E-state index contributed by atoms with van der Waals surface area (Å²) in [6, 6.07) is 7.13. The quantitative estimate of drug-likeness (QED) is 0.435. The van der Waals surface area contributed by atoms with Crippen LogP contribution in [0.4, 0.5) is 5.69 Å². The van der Waals surface area contributed by atoms with E-state index >= 15 is 0 Å². The lowest BCUT2D eigenvalue weighted by Gasteiger charge is -2.22. The first-order chi connectivity index (χ1) is 13.9. The molecule has 0 unspecified atom stereocenters. The zero-order valence-corrected chi connectivity index (χ0v) is 18.1. The molecule has 2 aromatic heterocycles. The molecule has 0 aliphatic rings. The first kappa shape index (κ1) is 21.1. The molecule has 0 aliphatic heterocycles. The zero-order valence-electron chi connectivity index (χ0n) is 16.5. The van der Waals surface area contributed by atoms with E-state index in [1.165, 1.54) is 23.0 Å². The van der Waals surface area contributed by atoms with Crippen molar-refractivity contribution in [3.05, 3.63) is 41.0 Å². The van der Waals surface area contributed by atoms with Gasteiger partial charge in [0.15, 0.2) is 0 Å². The van der Waals surface area contributed by atoms with Gasteiger partial charge in [0.25, 0.3) is 0 Å². The number of hydrogen-bond donors (Lipinski definition) is 1. The Hall–Kier alpha value is -2.65. The molecule has 0 aliphatic carbocycles. The molecule has 7 nitrogen and oxygen atoms in total. The number of carbonyl (C=O) groups is 2. The minimum Gasteiger partial charge on any atom is -0.497 e. The van der Waals surface area contributed by atoms with Crippen molar-refractivity contribution in [1.82, 2.24) is 9.97 Å². The number of aromatic nitrogens is 2. The van der Waals surface area contributed by atoms with Crippen molar-refractivity contribution < 1.29 is 14.3 Å². The summed E-state index contributed by atoms with van der Waals surface area (Å²) in [6.45, 7) is 4.31. The standard InChI is InChI=1S/C20H22N4O3S2/c1-12-13(2)29-20-18(12)19(22-11-23-20)28-10-17(26)24(9-8-16(21)25)14-4-6-15(27-3)7-5-14/h4-7,11H,8-10H2,1-3H3,(H2,21,25). The summed E-state index contributed by atoms with van der Waals surface area (Å²) in [5.74, 6) is 0.298. The third-order valence-electron chi connectivity index (χ3n) is 4.53. The Morgan fingerprint density at radius 2 is 1.93 bits per heavy atom. The van der Waals surface area contributed by atoms with E-state index in [0.717, 1.165) is 20.8 Å². The van der Waals surface area contributed by atoms with Crippen molar-refractivity contribution in [2.24, 2.45) is 5.73 Å². The maximum Gasteiger partial charge on any atom is 0.237 e. The number of nitrogens with zero attached hydrogens (tertiary/aromatic N) is 3. The lowest BCUT2D eigenvalue weighted by atomic mass is 10.2. The van der Waals surface area contributed by atoms with Crippen LogP contribution < -0.4 is 15.4 Å². The van der Waals surface area contributed by atoms with Gasteiger partial charge in [0, 0.05) is 28.9 Å². The molecular weight excluding hydrogens is 408 g/mol. The average Bonchev–Trinajstić information content (AvgIpc) is 3.01. The van der Waals surface area contributed by atoms with E-state index < -0.39 is 5.91 Å². The monoisotopic (exact) mass is 430 g/mol. The molecule has 3 rings (SSSR count). The molecule has 0 fully saturated rings. The van der Waals surface area contributed by atoms with Gasteiger partial charge in [-0.15, -0.1) is 11.3 Å². The number of hydrogen-bond acceptors (Lipinski definition) is 7. The topological polar surface area (TPSA) is 98.4 Å². The van der Waals surface area contributed by atoms with Gasteiger partial charge in [0.1, 0.15) is 21.9 Å². The molecule has 0 atom stereocenters. The highest BCUT2D eigenvalue weighted by molar-refractivity contribution is 8.00. The van der Waals surface area contributed by atoms with E-state index in [0.29, 0.717) is 11.4 Å². The molecule has 29 heavy (non-hydrogen) atoms. The molecule has 0 saturated heterocycles. The van der Waals surface area contributed by atoms with E-state index in [1.54, 1.807) is 47.6 Å². The van der Waals surface area contributed by atoms with Crippen molar-refractivity contribution in [2.45, 2.75) is 25.3 Å². The fourth-order valence-electron chi connectivity index (χ4n) is 2.85. The predicted molar refractivity (Wildman–Crippen MR) is 117 cm³/mol. The molecule has 2 heterocycles. The van der Waals surface area contributed by atoms with Gasteiger partial charge in [0.2, 0.25) is 11.8 Å². The van der Waals surface area contributed by atoms with Gasteiger partial charge in [-0.3, -0.25) is 9.59 Å². The second-order valence-electron chi connectivity index (χ2n) is 6.39. The Morgan fingerprint density at radius 3 is 2.59 bits per heavy atom. The van der Waals surface area contributed by atoms with E-state index in [-0.39, 0.29) is 24.6 Å². The Balaban J connectivity index is 1.80. The second-order valence-corrected chi connectivity index (χ2v) is 8.56. The third-order valence-corrected chi connectivity index (χ3v) is 6.62. The largest absolute Gasteiger partial charge is 0.497 e. The predicted octanol–water partition coefficient (Wildman–Crippen LogP) is 3.32. The van der Waals surface area contributed by atoms with Crippen LogP contribution in [0, 0.1) is 13.8 Å².